The van der Waals surface area contributed by atoms with E-state index in [9.17, 15) is 4.79 Å². The highest BCUT2D eigenvalue weighted by atomic mass is 79.9. The maximum absolute atomic E-state index is 12.2. The number of benzene rings is 1. The molecular formula is C15H22BrN3O3S. The van der Waals surface area contributed by atoms with Crippen LogP contribution in [0.1, 0.15) is 30.6 Å². The van der Waals surface area contributed by atoms with Gasteiger partial charge in [-0.05, 0) is 52.6 Å². The zero-order valence-corrected chi connectivity index (χ0v) is 16.1. The van der Waals surface area contributed by atoms with E-state index in [1.807, 2.05) is 0 Å². The van der Waals surface area contributed by atoms with Crippen LogP contribution in [0.15, 0.2) is 16.6 Å². The number of ether oxygens (including phenoxy) is 2. The Morgan fingerprint density at radius 1 is 1.22 bits per heavy atom. The topological polar surface area (TPSA) is 71.6 Å². The number of halogens is 1. The van der Waals surface area contributed by atoms with Crippen LogP contribution in [-0.2, 0) is 0 Å². The molecule has 0 unspecified atom stereocenters. The Morgan fingerprint density at radius 3 is 2.26 bits per heavy atom. The predicted molar refractivity (Wildman–Crippen MR) is 97.9 cm³/mol. The van der Waals surface area contributed by atoms with Crippen molar-refractivity contribution in [3.63, 3.8) is 0 Å². The monoisotopic (exact) mass is 403 g/mol. The zero-order chi connectivity index (χ0) is 17.4. The molecule has 0 saturated carbocycles. The van der Waals surface area contributed by atoms with Crippen molar-refractivity contribution in [1.82, 2.24) is 16.2 Å². The van der Waals surface area contributed by atoms with Crippen LogP contribution < -0.4 is 25.6 Å². The molecule has 0 aliphatic heterocycles. The molecule has 1 rings (SSSR count). The van der Waals surface area contributed by atoms with Gasteiger partial charge in [-0.25, -0.2) is 0 Å². The summed E-state index contributed by atoms with van der Waals surface area (Å²) in [5, 5.41) is 3.39. The fraction of sp³-hybridized carbons (Fsp3) is 0.467. The molecule has 0 aliphatic rings. The van der Waals surface area contributed by atoms with Gasteiger partial charge in [0.2, 0.25) is 0 Å². The average molecular weight is 404 g/mol. The summed E-state index contributed by atoms with van der Waals surface area (Å²) in [5.41, 5.74) is 5.60. The number of hydrogen-bond acceptors (Lipinski definition) is 4. The fourth-order valence-corrected chi connectivity index (χ4v) is 2.41. The second kappa shape index (κ2) is 9.57. The van der Waals surface area contributed by atoms with Gasteiger partial charge in [-0.15, -0.1) is 0 Å². The Kier molecular flexibility index (Phi) is 8.11. The molecule has 1 aromatic carbocycles. The minimum atomic E-state index is -0.345. The average Bonchev–Trinajstić information content (AvgIpc) is 2.52. The smallest absolute Gasteiger partial charge is 0.269 e. The molecule has 0 bridgehead atoms. The number of hydrogen-bond donors (Lipinski definition) is 3. The van der Waals surface area contributed by atoms with E-state index >= 15 is 0 Å². The summed E-state index contributed by atoms with van der Waals surface area (Å²) >= 11 is 8.46. The number of nitrogens with one attached hydrogen (secondary N) is 3. The van der Waals surface area contributed by atoms with Gasteiger partial charge in [0.1, 0.15) is 16.0 Å². The highest BCUT2D eigenvalue weighted by molar-refractivity contribution is 9.10. The van der Waals surface area contributed by atoms with Crippen LogP contribution in [0.4, 0.5) is 0 Å². The van der Waals surface area contributed by atoms with E-state index in [2.05, 4.69) is 45.9 Å². The van der Waals surface area contributed by atoms with Gasteiger partial charge in [0, 0.05) is 12.1 Å². The van der Waals surface area contributed by atoms with Crippen molar-refractivity contribution in [3.8, 4) is 11.5 Å². The van der Waals surface area contributed by atoms with E-state index < -0.39 is 0 Å². The molecule has 0 saturated heterocycles. The van der Waals surface area contributed by atoms with E-state index in [0.717, 1.165) is 13.0 Å². The third-order valence-corrected chi connectivity index (χ3v) is 4.03. The lowest BCUT2D eigenvalue weighted by Gasteiger charge is -2.14. The quantitative estimate of drug-likeness (QED) is 0.500. The molecule has 1 amide bonds. The summed E-state index contributed by atoms with van der Waals surface area (Å²) in [7, 11) is 3.04. The molecular weight excluding hydrogens is 382 g/mol. The first-order valence-corrected chi connectivity index (χ1v) is 8.34. The minimum absolute atomic E-state index is 0.345. The van der Waals surface area contributed by atoms with E-state index in [1.165, 1.54) is 14.2 Å². The third kappa shape index (κ3) is 6.23. The molecule has 0 aromatic heterocycles. The third-order valence-electron chi connectivity index (χ3n) is 3.00. The van der Waals surface area contributed by atoms with Gasteiger partial charge in [0.25, 0.3) is 5.91 Å². The van der Waals surface area contributed by atoms with Gasteiger partial charge in [-0.3, -0.25) is 15.6 Å². The second-order valence-corrected chi connectivity index (χ2v) is 6.41. The first-order chi connectivity index (χ1) is 10.9. The first-order valence-electron chi connectivity index (χ1n) is 7.14. The lowest BCUT2D eigenvalue weighted by Crippen LogP contribution is -2.47. The summed E-state index contributed by atoms with van der Waals surface area (Å²) < 4.78 is 11.1. The van der Waals surface area contributed by atoms with Crippen molar-refractivity contribution in [1.29, 1.82) is 0 Å². The Balaban J connectivity index is 2.63. The maximum atomic E-state index is 12.2. The fourth-order valence-electron chi connectivity index (χ4n) is 1.70. The van der Waals surface area contributed by atoms with Gasteiger partial charge >= 0.3 is 0 Å². The van der Waals surface area contributed by atoms with Crippen LogP contribution in [0.25, 0.3) is 0 Å². The number of methoxy groups -OCH3 is 2. The van der Waals surface area contributed by atoms with E-state index in [1.54, 1.807) is 12.1 Å². The molecule has 8 heteroatoms. The summed E-state index contributed by atoms with van der Waals surface area (Å²) in [6.45, 7) is 5.02. The van der Waals surface area contributed by atoms with E-state index in [0.29, 0.717) is 32.6 Å². The highest BCUT2D eigenvalue weighted by Gasteiger charge is 2.14. The molecule has 0 radical (unpaired) electrons. The second-order valence-electron chi connectivity index (χ2n) is 5.21. The molecule has 1 aromatic rings. The Labute approximate surface area is 150 Å². The van der Waals surface area contributed by atoms with Crippen molar-refractivity contribution in [2.24, 2.45) is 5.92 Å². The molecule has 0 atom stereocenters. The van der Waals surface area contributed by atoms with Gasteiger partial charge < -0.3 is 14.8 Å². The van der Waals surface area contributed by atoms with Crippen LogP contribution in [0.5, 0.6) is 11.5 Å². The Hall–Kier alpha value is -1.54. The van der Waals surface area contributed by atoms with Crippen molar-refractivity contribution in [2.75, 3.05) is 20.8 Å². The minimum Gasteiger partial charge on any atom is -0.495 e. The summed E-state index contributed by atoms with van der Waals surface area (Å²) in [5.74, 6) is 1.25. The largest absolute Gasteiger partial charge is 0.495 e. The van der Waals surface area contributed by atoms with Crippen LogP contribution >= 0.6 is 28.1 Å². The molecule has 6 nitrogen and oxygen atoms in total. The molecule has 0 aliphatic carbocycles. The molecule has 23 heavy (non-hydrogen) atoms. The summed E-state index contributed by atoms with van der Waals surface area (Å²) in [6.07, 6.45) is 0.997. The molecule has 3 N–H and O–H groups in total. The van der Waals surface area contributed by atoms with Gasteiger partial charge in [-0.2, -0.15) is 0 Å². The number of carbonyl (C=O) groups is 1. The van der Waals surface area contributed by atoms with Crippen molar-refractivity contribution in [3.05, 3.63) is 22.2 Å². The van der Waals surface area contributed by atoms with Crippen molar-refractivity contribution >= 4 is 39.2 Å². The number of thiocarbonyl (C=S) groups is 1. The SMILES string of the molecule is COc1cc(C(=O)NNC(=S)NCCC(C)C)cc(OC)c1Br. The predicted octanol–water partition coefficient (Wildman–Crippen LogP) is 2.62. The Bertz CT molecular complexity index is 542. The number of rotatable bonds is 6. The lowest BCUT2D eigenvalue weighted by atomic mass is 10.1. The van der Waals surface area contributed by atoms with Crippen LogP contribution in [0, 0.1) is 5.92 Å². The van der Waals surface area contributed by atoms with E-state index in [-0.39, 0.29) is 5.91 Å². The number of hydrazine groups is 1. The highest BCUT2D eigenvalue weighted by Crippen LogP contribution is 2.35. The first kappa shape index (κ1) is 19.5. The maximum Gasteiger partial charge on any atom is 0.269 e. The van der Waals surface area contributed by atoms with Gasteiger partial charge in [0.05, 0.1) is 14.2 Å². The molecule has 0 heterocycles. The molecule has 128 valence electrons. The van der Waals surface area contributed by atoms with Crippen LogP contribution in [0.3, 0.4) is 0 Å². The van der Waals surface area contributed by atoms with Crippen LogP contribution in [-0.4, -0.2) is 31.8 Å². The summed E-state index contributed by atoms with van der Waals surface area (Å²) in [6, 6.07) is 3.22. The normalized spacial score (nSPS) is 10.2. The standard InChI is InChI=1S/C15H22BrN3O3S/c1-9(2)5-6-17-15(23)19-18-14(20)10-7-11(21-3)13(16)12(8-10)22-4/h7-9H,5-6H2,1-4H3,(H,18,20)(H2,17,19,23). The number of carbonyl (C=O) groups excluding carboxylic acids is 1. The zero-order valence-electron chi connectivity index (χ0n) is 13.7. The van der Waals surface area contributed by atoms with Crippen LogP contribution in [0.2, 0.25) is 0 Å². The summed E-state index contributed by atoms with van der Waals surface area (Å²) in [4.78, 5) is 12.2. The van der Waals surface area contributed by atoms with Gasteiger partial charge in [0.15, 0.2) is 5.11 Å². The molecule has 0 spiro atoms. The number of amides is 1. The van der Waals surface area contributed by atoms with Gasteiger partial charge in [-0.1, -0.05) is 13.8 Å². The Morgan fingerprint density at radius 2 is 1.78 bits per heavy atom. The van der Waals surface area contributed by atoms with Crippen molar-refractivity contribution in [2.45, 2.75) is 20.3 Å². The molecule has 0 fully saturated rings. The van der Waals surface area contributed by atoms with Crippen molar-refractivity contribution < 1.29 is 14.3 Å². The van der Waals surface area contributed by atoms with E-state index in [4.69, 9.17) is 21.7 Å². The lowest BCUT2D eigenvalue weighted by molar-refractivity contribution is 0.0943.